The molecule has 4 rings (SSSR count). The Hall–Kier alpha value is -2.46. The van der Waals surface area contributed by atoms with Crippen molar-refractivity contribution in [3.63, 3.8) is 0 Å². The molecule has 2 aromatic carbocycles. The highest BCUT2D eigenvalue weighted by Crippen LogP contribution is 2.33. The summed E-state index contributed by atoms with van der Waals surface area (Å²) in [6.45, 7) is 0.874. The maximum atomic E-state index is 13.0. The Kier molecular flexibility index (Phi) is 6.63. The third kappa shape index (κ3) is 4.50. The van der Waals surface area contributed by atoms with Crippen LogP contribution in [0.15, 0.2) is 73.1 Å². The lowest BCUT2D eigenvalue weighted by Gasteiger charge is -2.18. The van der Waals surface area contributed by atoms with Gasteiger partial charge in [0.05, 0.1) is 7.11 Å². The van der Waals surface area contributed by atoms with Crippen molar-refractivity contribution in [2.24, 2.45) is 0 Å². The predicted octanol–water partition coefficient (Wildman–Crippen LogP) is 1.75. The smallest absolute Gasteiger partial charge is 0.169 e. The van der Waals surface area contributed by atoms with Crippen LogP contribution < -0.4 is 26.3 Å². The van der Waals surface area contributed by atoms with Crippen LogP contribution in [0.5, 0.6) is 5.75 Å². The van der Waals surface area contributed by atoms with Crippen LogP contribution in [0.2, 0.25) is 0 Å². The number of fused-ring (bicyclic) bond motifs is 1. The predicted molar refractivity (Wildman–Crippen MR) is 105 cm³/mol. The molecule has 1 aliphatic rings. The van der Waals surface area contributed by atoms with Crippen LogP contribution in [0.1, 0.15) is 28.7 Å². The molecule has 0 fully saturated rings. The molecular weight excluding hydrogens is 417 g/mol. The molecule has 3 aromatic rings. The van der Waals surface area contributed by atoms with E-state index in [-0.39, 0.29) is 22.8 Å². The highest BCUT2D eigenvalue weighted by molar-refractivity contribution is 5.82. The number of methoxy groups -OCH3 is 1. The van der Waals surface area contributed by atoms with E-state index < -0.39 is 0 Å². The number of hydrogen-bond donors (Lipinski definition) is 0. The molecule has 0 N–H and O–H groups in total. The van der Waals surface area contributed by atoms with Crippen LogP contribution in [0, 0.1) is 5.82 Å². The quantitative estimate of drug-likeness (QED) is 0.552. The van der Waals surface area contributed by atoms with Gasteiger partial charge in [-0.25, -0.2) is 8.96 Å². The summed E-state index contributed by atoms with van der Waals surface area (Å²) in [6, 6.07) is 17.4. The Morgan fingerprint density at radius 1 is 1.00 bits per heavy atom. The van der Waals surface area contributed by atoms with Crippen LogP contribution in [0.25, 0.3) is 5.57 Å². The van der Waals surface area contributed by atoms with E-state index in [0.29, 0.717) is 0 Å². The first-order valence-electron chi connectivity index (χ1n) is 9.34. The normalized spacial score (nSPS) is 12.6. The molecule has 4 heteroatoms. The van der Waals surface area contributed by atoms with E-state index in [9.17, 15) is 4.39 Å². The first-order chi connectivity index (χ1) is 13.2. The third-order valence-corrected chi connectivity index (χ3v) is 5.14. The fourth-order valence-corrected chi connectivity index (χ4v) is 3.62. The fourth-order valence-electron chi connectivity index (χ4n) is 3.62. The molecule has 0 amide bonds. The summed E-state index contributed by atoms with van der Waals surface area (Å²) in [7, 11) is 1.71. The lowest BCUT2D eigenvalue weighted by Crippen LogP contribution is -3.00. The van der Waals surface area contributed by atoms with Gasteiger partial charge in [0.15, 0.2) is 18.9 Å². The Balaban J connectivity index is 0.00000225. The van der Waals surface area contributed by atoms with Crippen molar-refractivity contribution in [3.05, 3.63) is 101 Å². The Bertz CT molecular complexity index is 965. The molecule has 0 spiro atoms. The van der Waals surface area contributed by atoms with Crippen molar-refractivity contribution < 1.29 is 30.7 Å². The van der Waals surface area contributed by atoms with Crippen LogP contribution in [-0.2, 0) is 19.4 Å². The molecule has 144 valence electrons. The van der Waals surface area contributed by atoms with Gasteiger partial charge in [0.25, 0.3) is 0 Å². The number of benzene rings is 2. The van der Waals surface area contributed by atoms with Gasteiger partial charge in [0, 0.05) is 18.6 Å². The van der Waals surface area contributed by atoms with Gasteiger partial charge >= 0.3 is 0 Å². The van der Waals surface area contributed by atoms with Crippen molar-refractivity contribution in [3.8, 4) is 5.75 Å². The summed E-state index contributed by atoms with van der Waals surface area (Å²) in [5.74, 6) is 0.733. The summed E-state index contributed by atoms with van der Waals surface area (Å²) in [6.07, 6.45) is 9.56. The van der Waals surface area contributed by atoms with E-state index in [0.717, 1.165) is 37.1 Å². The number of pyridine rings is 1. The van der Waals surface area contributed by atoms with E-state index in [1.54, 1.807) is 7.11 Å². The van der Waals surface area contributed by atoms with Crippen molar-refractivity contribution in [1.82, 2.24) is 0 Å². The van der Waals surface area contributed by atoms with Gasteiger partial charge in [-0.05, 0) is 64.9 Å². The number of allylic oxidation sites excluding steroid dienone is 1. The van der Waals surface area contributed by atoms with Crippen LogP contribution in [0.3, 0.4) is 0 Å². The first-order valence-corrected chi connectivity index (χ1v) is 9.34. The monoisotopic (exact) mass is 439 g/mol. The average Bonchev–Trinajstić information content (AvgIpc) is 2.73. The maximum Gasteiger partial charge on any atom is 0.169 e. The summed E-state index contributed by atoms with van der Waals surface area (Å²) in [4.78, 5) is 0. The lowest BCUT2D eigenvalue weighted by molar-refractivity contribution is -0.696. The Labute approximate surface area is 176 Å². The average molecular weight is 440 g/mol. The molecule has 0 aliphatic heterocycles. The minimum absolute atomic E-state index is 0. The summed E-state index contributed by atoms with van der Waals surface area (Å²) in [5.41, 5.74) is 6.32. The first kappa shape index (κ1) is 20.3. The van der Waals surface area contributed by atoms with Gasteiger partial charge in [-0.2, -0.15) is 0 Å². The second kappa shape index (κ2) is 9.16. The van der Waals surface area contributed by atoms with Gasteiger partial charge in [-0.1, -0.05) is 24.3 Å². The second-order valence-corrected chi connectivity index (χ2v) is 6.88. The van der Waals surface area contributed by atoms with Crippen molar-refractivity contribution >= 4 is 5.57 Å². The van der Waals surface area contributed by atoms with Gasteiger partial charge in [-0.15, -0.1) is 0 Å². The number of nitrogens with zero attached hydrogens (tertiary/aromatic N) is 1. The fraction of sp³-hybridized carbons (Fsp3) is 0.208. The van der Waals surface area contributed by atoms with Crippen molar-refractivity contribution in [2.45, 2.75) is 25.8 Å². The van der Waals surface area contributed by atoms with Crippen LogP contribution in [0.4, 0.5) is 4.39 Å². The largest absolute Gasteiger partial charge is 1.00 e. The molecule has 1 aromatic heterocycles. The van der Waals surface area contributed by atoms with E-state index >= 15 is 0 Å². The standard InChI is InChI=1S/C24H23FNO.BrH/c1-27-22-9-10-24-20(17-22)3-2-4-23(24)19-12-15-26(16-13-19)14-11-18-5-7-21(25)8-6-18;/h4-10,12-13,15-17H,2-3,11,14H2,1H3;1H/q+1;/p-1. The topological polar surface area (TPSA) is 13.1 Å². The van der Waals surface area contributed by atoms with Gasteiger partial charge in [0.1, 0.15) is 11.6 Å². The highest BCUT2D eigenvalue weighted by atomic mass is 79.9. The molecule has 0 saturated carbocycles. The molecule has 0 unspecified atom stereocenters. The third-order valence-electron chi connectivity index (χ3n) is 5.14. The summed E-state index contributed by atoms with van der Waals surface area (Å²) < 4.78 is 20.5. The van der Waals surface area contributed by atoms with Crippen LogP contribution in [-0.4, -0.2) is 7.11 Å². The molecule has 2 nitrogen and oxygen atoms in total. The minimum Gasteiger partial charge on any atom is -1.00 e. The zero-order chi connectivity index (χ0) is 18.6. The Morgan fingerprint density at radius 3 is 2.46 bits per heavy atom. The lowest BCUT2D eigenvalue weighted by atomic mass is 9.87. The number of rotatable bonds is 5. The highest BCUT2D eigenvalue weighted by Gasteiger charge is 2.16. The number of halogens is 2. The zero-order valence-corrected chi connectivity index (χ0v) is 17.5. The molecular formula is C24H23BrFNO. The number of aryl methyl sites for hydroxylation is 3. The van der Waals surface area contributed by atoms with Crippen molar-refractivity contribution in [1.29, 1.82) is 0 Å². The van der Waals surface area contributed by atoms with E-state index in [4.69, 9.17) is 4.74 Å². The molecule has 0 radical (unpaired) electrons. The Morgan fingerprint density at radius 2 is 1.75 bits per heavy atom. The number of aromatic nitrogens is 1. The zero-order valence-electron chi connectivity index (χ0n) is 15.9. The molecule has 0 saturated heterocycles. The van der Waals surface area contributed by atoms with E-state index in [2.05, 4.69) is 47.3 Å². The summed E-state index contributed by atoms with van der Waals surface area (Å²) >= 11 is 0. The SMILES string of the molecule is COc1ccc2c(c1)CCC=C2c1cc[n+](CCc2ccc(F)cc2)cc1.[Br-]. The van der Waals surface area contributed by atoms with Crippen LogP contribution >= 0.6 is 0 Å². The molecule has 0 atom stereocenters. The second-order valence-electron chi connectivity index (χ2n) is 6.88. The molecule has 1 heterocycles. The summed E-state index contributed by atoms with van der Waals surface area (Å²) in [5, 5.41) is 0. The van der Waals surface area contributed by atoms with Gasteiger partial charge < -0.3 is 21.7 Å². The molecule has 0 bridgehead atoms. The van der Waals surface area contributed by atoms with E-state index in [1.165, 1.54) is 34.4 Å². The van der Waals surface area contributed by atoms with Crippen molar-refractivity contribution in [2.75, 3.05) is 7.11 Å². The number of ether oxygens (including phenoxy) is 1. The van der Waals surface area contributed by atoms with E-state index in [1.807, 2.05) is 18.2 Å². The maximum absolute atomic E-state index is 13.0. The molecule has 1 aliphatic carbocycles. The molecule has 28 heavy (non-hydrogen) atoms. The van der Waals surface area contributed by atoms with Gasteiger partial charge in [-0.3, -0.25) is 0 Å². The van der Waals surface area contributed by atoms with Gasteiger partial charge in [0.2, 0.25) is 0 Å². The number of hydrogen-bond acceptors (Lipinski definition) is 1. The minimum atomic E-state index is -0.186.